The van der Waals surface area contributed by atoms with Gasteiger partial charge in [-0.15, -0.1) is 0 Å². The first-order chi connectivity index (χ1) is 13.1. The lowest BCUT2D eigenvalue weighted by Crippen LogP contribution is -2.50. The number of fused-ring (bicyclic) bond motifs is 1. The molecule has 1 aliphatic carbocycles. The fraction of sp³-hybridized carbons (Fsp3) is 0.609. The van der Waals surface area contributed by atoms with Gasteiger partial charge in [-0.1, -0.05) is 44.7 Å². The van der Waals surface area contributed by atoms with Gasteiger partial charge in [0, 0.05) is 37.3 Å². The molecule has 1 saturated carbocycles. The molecule has 0 atom stereocenters. The van der Waals surface area contributed by atoms with E-state index < -0.39 is 0 Å². The lowest BCUT2D eigenvalue weighted by atomic mass is 9.91. The van der Waals surface area contributed by atoms with Gasteiger partial charge in [-0.25, -0.2) is 4.39 Å². The Balaban J connectivity index is 1.46. The Hall–Kier alpha value is -1.68. The van der Waals surface area contributed by atoms with E-state index in [4.69, 9.17) is 0 Å². The summed E-state index contributed by atoms with van der Waals surface area (Å²) in [6.07, 6.45) is 11.9. The highest BCUT2D eigenvalue weighted by Gasteiger charge is 2.35. The Morgan fingerprint density at radius 1 is 0.926 bits per heavy atom. The smallest absolute Gasteiger partial charge is 0.183 e. The molecule has 2 fully saturated rings. The molecule has 0 amide bonds. The van der Waals surface area contributed by atoms with E-state index in [-0.39, 0.29) is 17.6 Å². The van der Waals surface area contributed by atoms with Crippen LogP contribution in [0.1, 0.15) is 63.4 Å². The Kier molecular flexibility index (Phi) is 5.63. The molecule has 2 aliphatic heterocycles. The zero-order valence-corrected chi connectivity index (χ0v) is 16.3. The summed E-state index contributed by atoms with van der Waals surface area (Å²) in [5.74, 6) is -0.176. The van der Waals surface area contributed by atoms with Gasteiger partial charge >= 0.3 is 0 Å². The number of anilines is 1. The summed E-state index contributed by atoms with van der Waals surface area (Å²) in [5, 5.41) is 0. The van der Waals surface area contributed by atoms with Gasteiger partial charge < -0.3 is 9.80 Å². The largest absolute Gasteiger partial charge is 0.336 e. The first kappa shape index (κ1) is 18.7. The second-order valence-corrected chi connectivity index (χ2v) is 8.46. The van der Waals surface area contributed by atoms with E-state index in [0.29, 0.717) is 12.1 Å². The normalized spacial score (nSPS) is 23.8. The average molecular weight is 371 g/mol. The highest BCUT2D eigenvalue weighted by atomic mass is 19.1. The lowest BCUT2D eigenvalue weighted by Gasteiger charge is -2.44. The van der Waals surface area contributed by atoms with Crippen molar-refractivity contribution in [2.45, 2.75) is 76.3 Å². The second kappa shape index (κ2) is 8.14. The zero-order chi connectivity index (χ0) is 18.8. The molecule has 0 aromatic heterocycles. The van der Waals surface area contributed by atoms with E-state index in [1.54, 1.807) is 12.1 Å². The van der Waals surface area contributed by atoms with Gasteiger partial charge in [0.15, 0.2) is 5.78 Å². The van der Waals surface area contributed by atoms with Gasteiger partial charge in [-0.3, -0.25) is 4.79 Å². The van der Waals surface area contributed by atoms with Gasteiger partial charge in [0.25, 0.3) is 0 Å². The number of allylic oxidation sites excluding steroid dienone is 1. The molecule has 0 radical (unpaired) electrons. The van der Waals surface area contributed by atoms with Crippen LogP contribution in [0.15, 0.2) is 30.5 Å². The molecule has 3 aliphatic rings. The van der Waals surface area contributed by atoms with E-state index in [0.717, 1.165) is 43.2 Å². The minimum Gasteiger partial charge on any atom is -0.336 e. The molecule has 1 saturated heterocycles. The molecule has 27 heavy (non-hydrogen) atoms. The summed E-state index contributed by atoms with van der Waals surface area (Å²) in [6.45, 7) is 6.19. The highest BCUT2D eigenvalue weighted by Crippen LogP contribution is 2.36. The SMILES string of the molecule is C=C1C(=O)Cc2ccc(F)cc2N1C1CCN(C2CCCCCCC2)CC1. The molecule has 146 valence electrons. The average Bonchev–Trinajstić information content (AvgIpc) is 2.64. The van der Waals surface area contributed by atoms with Gasteiger partial charge in [0.05, 0.1) is 5.70 Å². The number of piperidine rings is 1. The Morgan fingerprint density at radius 3 is 2.30 bits per heavy atom. The molecule has 1 aromatic rings. The van der Waals surface area contributed by atoms with Crippen LogP contribution in [-0.4, -0.2) is 35.9 Å². The number of Topliss-reactive ketones (excluding diaryl/α,β-unsaturated/α-hetero) is 1. The fourth-order valence-corrected chi connectivity index (χ4v) is 5.19. The van der Waals surface area contributed by atoms with Gasteiger partial charge in [0.2, 0.25) is 0 Å². The van der Waals surface area contributed by atoms with Gasteiger partial charge in [0.1, 0.15) is 5.82 Å². The summed E-state index contributed by atoms with van der Waals surface area (Å²) >= 11 is 0. The highest BCUT2D eigenvalue weighted by molar-refractivity contribution is 6.03. The molecule has 1 aromatic carbocycles. The molecule has 2 heterocycles. The van der Waals surface area contributed by atoms with E-state index in [1.807, 2.05) is 4.90 Å². The predicted octanol–water partition coefficient (Wildman–Crippen LogP) is 4.85. The van der Waals surface area contributed by atoms with E-state index in [1.165, 1.54) is 51.0 Å². The van der Waals surface area contributed by atoms with Gasteiger partial charge in [-0.05, 0) is 43.4 Å². The van der Waals surface area contributed by atoms with Crippen LogP contribution in [0.4, 0.5) is 10.1 Å². The maximum Gasteiger partial charge on any atom is 0.183 e. The van der Waals surface area contributed by atoms with Gasteiger partial charge in [-0.2, -0.15) is 0 Å². The van der Waals surface area contributed by atoms with E-state index in [9.17, 15) is 9.18 Å². The van der Waals surface area contributed by atoms with Crippen LogP contribution < -0.4 is 4.90 Å². The molecular formula is C23H31FN2O. The third-order valence-corrected chi connectivity index (χ3v) is 6.73. The van der Waals surface area contributed by atoms with Crippen molar-refractivity contribution >= 4 is 11.5 Å². The molecule has 0 unspecified atom stereocenters. The summed E-state index contributed by atoms with van der Waals surface area (Å²) in [7, 11) is 0. The van der Waals surface area contributed by atoms with E-state index >= 15 is 0 Å². The minimum atomic E-state index is -0.243. The van der Waals surface area contributed by atoms with Crippen LogP contribution in [0, 0.1) is 5.82 Å². The fourth-order valence-electron chi connectivity index (χ4n) is 5.19. The molecular weight excluding hydrogens is 339 g/mol. The van der Waals surface area contributed by atoms with Crippen LogP contribution >= 0.6 is 0 Å². The van der Waals surface area contributed by atoms with Crippen LogP contribution in [0.2, 0.25) is 0 Å². The van der Waals surface area contributed by atoms with Crippen LogP contribution in [0.25, 0.3) is 0 Å². The quantitative estimate of drug-likeness (QED) is 0.696. The number of likely N-dealkylation sites (tertiary alicyclic amines) is 1. The number of halogens is 1. The number of hydrogen-bond donors (Lipinski definition) is 0. The number of carbonyl (C=O) groups is 1. The van der Waals surface area contributed by atoms with Crippen LogP contribution in [0.3, 0.4) is 0 Å². The molecule has 3 nitrogen and oxygen atoms in total. The van der Waals surface area contributed by atoms with Crippen molar-refractivity contribution in [1.82, 2.24) is 4.90 Å². The van der Waals surface area contributed by atoms with Crippen LogP contribution in [-0.2, 0) is 11.2 Å². The zero-order valence-electron chi connectivity index (χ0n) is 16.3. The van der Waals surface area contributed by atoms with Crippen molar-refractivity contribution in [2.75, 3.05) is 18.0 Å². The first-order valence-corrected chi connectivity index (χ1v) is 10.7. The van der Waals surface area contributed by atoms with Crippen molar-refractivity contribution in [3.8, 4) is 0 Å². The van der Waals surface area contributed by atoms with E-state index in [2.05, 4.69) is 11.5 Å². The summed E-state index contributed by atoms with van der Waals surface area (Å²) in [5.41, 5.74) is 2.32. The number of carbonyl (C=O) groups excluding carboxylic acids is 1. The maximum absolute atomic E-state index is 13.9. The van der Waals surface area contributed by atoms with Crippen molar-refractivity contribution in [1.29, 1.82) is 0 Å². The van der Waals surface area contributed by atoms with Crippen molar-refractivity contribution in [3.63, 3.8) is 0 Å². The predicted molar refractivity (Wildman–Crippen MR) is 107 cm³/mol. The third-order valence-electron chi connectivity index (χ3n) is 6.73. The summed E-state index contributed by atoms with van der Waals surface area (Å²) in [4.78, 5) is 17.1. The number of nitrogens with zero attached hydrogens (tertiary/aromatic N) is 2. The number of rotatable bonds is 2. The number of ketones is 1. The standard InChI is InChI=1S/C23H31FN2O/c1-17-23(27)15-18-9-10-19(24)16-22(18)26(17)21-11-13-25(14-12-21)20-7-5-3-2-4-6-8-20/h9-10,16,20-21H,1-8,11-15H2. The van der Waals surface area contributed by atoms with Crippen molar-refractivity contribution in [3.05, 3.63) is 41.9 Å². The minimum absolute atomic E-state index is 0.0663. The molecule has 0 bridgehead atoms. The molecule has 4 rings (SSSR count). The monoisotopic (exact) mass is 370 g/mol. The molecule has 0 N–H and O–H groups in total. The molecule has 0 spiro atoms. The lowest BCUT2D eigenvalue weighted by molar-refractivity contribution is -0.115. The van der Waals surface area contributed by atoms with Crippen molar-refractivity contribution in [2.24, 2.45) is 0 Å². The van der Waals surface area contributed by atoms with Crippen molar-refractivity contribution < 1.29 is 9.18 Å². The number of hydrogen-bond acceptors (Lipinski definition) is 3. The Labute approximate surface area is 162 Å². The first-order valence-electron chi connectivity index (χ1n) is 10.7. The summed E-state index contributed by atoms with van der Waals surface area (Å²) in [6, 6.07) is 5.75. The maximum atomic E-state index is 13.9. The second-order valence-electron chi connectivity index (χ2n) is 8.46. The number of benzene rings is 1. The summed E-state index contributed by atoms with van der Waals surface area (Å²) < 4.78 is 13.9. The Morgan fingerprint density at radius 2 is 1.59 bits per heavy atom. The van der Waals surface area contributed by atoms with Crippen LogP contribution in [0.5, 0.6) is 0 Å². The Bertz CT molecular complexity index is 700. The third kappa shape index (κ3) is 3.96. The topological polar surface area (TPSA) is 23.6 Å². The molecule has 4 heteroatoms.